The summed E-state index contributed by atoms with van der Waals surface area (Å²) < 4.78 is 1.85. The van der Waals surface area contributed by atoms with Crippen molar-refractivity contribution in [3.05, 3.63) is 36.0 Å². The lowest BCUT2D eigenvalue weighted by Gasteiger charge is -2.00. The van der Waals surface area contributed by atoms with Crippen molar-refractivity contribution >= 4 is 5.69 Å². The van der Waals surface area contributed by atoms with Crippen LogP contribution >= 0.6 is 0 Å². The fourth-order valence-electron chi connectivity index (χ4n) is 1.52. The molecule has 2 rings (SSSR count). The van der Waals surface area contributed by atoms with Crippen LogP contribution < -0.4 is 5.73 Å². The second-order valence-corrected chi connectivity index (χ2v) is 3.47. The number of aryl methyl sites for hydroxylation is 1. The summed E-state index contributed by atoms with van der Waals surface area (Å²) in [6, 6.07) is 9.33. The zero-order valence-electron chi connectivity index (χ0n) is 9.01. The average molecular weight is 212 g/mol. The number of nitrogens with two attached hydrogens (primary N) is 1. The van der Waals surface area contributed by atoms with Gasteiger partial charge in [0.25, 0.3) is 0 Å². The van der Waals surface area contributed by atoms with Crippen LogP contribution in [0.3, 0.4) is 0 Å². The molecule has 0 amide bonds. The molecule has 0 bridgehead atoms. The van der Waals surface area contributed by atoms with Crippen LogP contribution in [0.2, 0.25) is 0 Å². The van der Waals surface area contributed by atoms with Crippen LogP contribution in [0.1, 0.15) is 12.5 Å². The highest BCUT2D eigenvalue weighted by Crippen LogP contribution is 2.22. The van der Waals surface area contributed by atoms with Gasteiger partial charge in [-0.05, 0) is 25.1 Å². The molecule has 0 saturated carbocycles. The average Bonchev–Trinajstić information content (AvgIpc) is 2.77. The standard InChI is InChI=1S/C12H12N4/c1-2-16-6-5-12(15-16)9-3-4-10(8-13)11(14)7-9/h3-7H,2,14H2,1H3. The van der Waals surface area contributed by atoms with Crippen LogP contribution in [-0.2, 0) is 6.54 Å². The molecule has 4 nitrogen and oxygen atoms in total. The summed E-state index contributed by atoms with van der Waals surface area (Å²) in [5.41, 5.74) is 8.55. The maximum Gasteiger partial charge on any atom is 0.101 e. The summed E-state index contributed by atoms with van der Waals surface area (Å²) in [5, 5.41) is 13.1. The van der Waals surface area contributed by atoms with Crippen LogP contribution in [0, 0.1) is 11.3 Å². The maximum absolute atomic E-state index is 8.77. The summed E-state index contributed by atoms with van der Waals surface area (Å²) in [6.07, 6.45) is 1.92. The lowest BCUT2D eigenvalue weighted by molar-refractivity contribution is 0.662. The minimum absolute atomic E-state index is 0.492. The molecule has 1 aromatic heterocycles. The first-order valence-electron chi connectivity index (χ1n) is 5.08. The molecule has 1 heterocycles. The Labute approximate surface area is 93.9 Å². The predicted molar refractivity (Wildman–Crippen MR) is 62.5 cm³/mol. The highest BCUT2D eigenvalue weighted by atomic mass is 15.3. The summed E-state index contributed by atoms with van der Waals surface area (Å²) in [7, 11) is 0. The van der Waals surface area contributed by atoms with E-state index in [0.717, 1.165) is 17.8 Å². The molecule has 80 valence electrons. The van der Waals surface area contributed by atoms with E-state index in [1.807, 2.05) is 36.0 Å². The zero-order valence-corrected chi connectivity index (χ0v) is 9.01. The Bertz CT molecular complexity index is 548. The Balaban J connectivity index is 2.42. The number of nitrogen functional groups attached to an aromatic ring is 1. The van der Waals surface area contributed by atoms with Crippen molar-refractivity contribution in [2.24, 2.45) is 0 Å². The Hall–Kier alpha value is -2.28. The smallest absolute Gasteiger partial charge is 0.101 e. The molecule has 0 saturated heterocycles. The molecule has 2 N–H and O–H groups in total. The van der Waals surface area contributed by atoms with E-state index >= 15 is 0 Å². The summed E-state index contributed by atoms with van der Waals surface area (Å²) in [4.78, 5) is 0. The number of anilines is 1. The maximum atomic E-state index is 8.77. The molecule has 0 aliphatic heterocycles. The van der Waals surface area contributed by atoms with E-state index in [0.29, 0.717) is 11.3 Å². The molecule has 0 atom stereocenters. The molecule has 0 spiro atoms. The minimum atomic E-state index is 0.492. The van der Waals surface area contributed by atoms with Gasteiger partial charge in [0.15, 0.2) is 0 Å². The SMILES string of the molecule is CCn1ccc(-c2ccc(C#N)c(N)c2)n1. The van der Waals surface area contributed by atoms with Crippen LogP contribution in [0.4, 0.5) is 5.69 Å². The van der Waals surface area contributed by atoms with Crippen molar-refractivity contribution < 1.29 is 0 Å². The number of hydrogen-bond donors (Lipinski definition) is 1. The van der Waals surface area contributed by atoms with Crippen LogP contribution in [-0.4, -0.2) is 9.78 Å². The molecule has 0 unspecified atom stereocenters. The number of aromatic nitrogens is 2. The molecular formula is C12H12N4. The molecule has 2 aromatic rings. The van der Waals surface area contributed by atoms with Gasteiger partial charge >= 0.3 is 0 Å². The second kappa shape index (κ2) is 4.07. The van der Waals surface area contributed by atoms with E-state index in [4.69, 9.17) is 11.0 Å². The molecule has 0 aliphatic rings. The monoisotopic (exact) mass is 212 g/mol. The molecule has 4 heteroatoms. The Morgan fingerprint density at radius 3 is 2.81 bits per heavy atom. The highest BCUT2D eigenvalue weighted by molar-refractivity contribution is 5.68. The van der Waals surface area contributed by atoms with Crippen molar-refractivity contribution in [1.29, 1.82) is 5.26 Å². The quantitative estimate of drug-likeness (QED) is 0.774. The summed E-state index contributed by atoms with van der Waals surface area (Å²) >= 11 is 0. The lowest BCUT2D eigenvalue weighted by Crippen LogP contribution is -1.95. The fraction of sp³-hybridized carbons (Fsp3) is 0.167. The van der Waals surface area contributed by atoms with Crippen LogP contribution in [0.5, 0.6) is 0 Å². The van der Waals surface area contributed by atoms with Gasteiger partial charge < -0.3 is 5.73 Å². The van der Waals surface area contributed by atoms with Gasteiger partial charge in [0.2, 0.25) is 0 Å². The van der Waals surface area contributed by atoms with Gasteiger partial charge in [0.1, 0.15) is 6.07 Å². The zero-order chi connectivity index (χ0) is 11.5. The van der Waals surface area contributed by atoms with E-state index in [2.05, 4.69) is 5.10 Å². The van der Waals surface area contributed by atoms with Gasteiger partial charge in [-0.25, -0.2) is 0 Å². The van der Waals surface area contributed by atoms with E-state index in [1.165, 1.54) is 0 Å². The lowest BCUT2D eigenvalue weighted by atomic mass is 10.1. The number of nitriles is 1. The molecule has 0 radical (unpaired) electrons. The van der Waals surface area contributed by atoms with Crippen molar-refractivity contribution in [1.82, 2.24) is 9.78 Å². The molecule has 0 fully saturated rings. The highest BCUT2D eigenvalue weighted by Gasteiger charge is 2.04. The van der Waals surface area contributed by atoms with Crippen molar-refractivity contribution in [3.63, 3.8) is 0 Å². The Morgan fingerprint density at radius 1 is 1.44 bits per heavy atom. The largest absolute Gasteiger partial charge is 0.398 e. The van der Waals surface area contributed by atoms with Crippen LogP contribution in [0.25, 0.3) is 11.3 Å². The normalized spacial score (nSPS) is 10.0. The third kappa shape index (κ3) is 1.75. The Kier molecular flexibility index (Phi) is 2.61. The first-order chi connectivity index (χ1) is 7.74. The van der Waals surface area contributed by atoms with Gasteiger partial charge in [0, 0.05) is 18.3 Å². The van der Waals surface area contributed by atoms with E-state index < -0.39 is 0 Å². The molecule has 1 aromatic carbocycles. The number of nitrogens with zero attached hydrogens (tertiary/aromatic N) is 3. The van der Waals surface area contributed by atoms with Gasteiger partial charge in [-0.15, -0.1) is 0 Å². The minimum Gasteiger partial charge on any atom is -0.398 e. The topological polar surface area (TPSA) is 67.6 Å². The summed E-state index contributed by atoms with van der Waals surface area (Å²) in [6.45, 7) is 2.87. The van der Waals surface area contributed by atoms with Gasteiger partial charge in [-0.2, -0.15) is 10.4 Å². The first kappa shape index (κ1) is 10.2. The predicted octanol–water partition coefficient (Wildman–Crippen LogP) is 2.02. The molecule has 16 heavy (non-hydrogen) atoms. The second-order valence-electron chi connectivity index (χ2n) is 3.47. The van der Waals surface area contributed by atoms with Crippen molar-refractivity contribution in [2.75, 3.05) is 5.73 Å². The third-order valence-electron chi connectivity index (χ3n) is 2.43. The molecular weight excluding hydrogens is 200 g/mol. The van der Waals surface area contributed by atoms with Gasteiger partial charge in [0.05, 0.1) is 16.9 Å². The third-order valence-corrected chi connectivity index (χ3v) is 2.43. The van der Waals surface area contributed by atoms with E-state index in [9.17, 15) is 0 Å². The Morgan fingerprint density at radius 2 is 2.25 bits per heavy atom. The summed E-state index contributed by atoms with van der Waals surface area (Å²) in [5.74, 6) is 0. The van der Waals surface area contributed by atoms with Crippen LogP contribution in [0.15, 0.2) is 30.5 Å². The van der Waals surface area contributed by atoms with Crippen molar-refractivity contribution in [3.8, 4) is 17.3 Å². The van der Waals surface area contributed by atoms with Gasteiger partial charge in [-0.1, -0.05) is 6.07 Å². The van der Waals surface area contributed by atoms with E-state index in [-0.39, 0.29) is 0 Å². The van der Waals surface area contributed by atoms with Gasteiger partial charge in [-0.3, -0.25) is 4.68 Å². The van der Waals surface area contributed by atoms with Crippen molar-refractivity contribution in [2.45, 2.75) is 13.5 Å². The fourth-order valence-corrected chi connectivity index (χ4v) is 1.52. The first-order valence-corrected chi connectivity index (χ1v) is 5.08. The molecule has 0 aliphatic carbocycles. The number of hydrogen-bond acceptors (Lipinski definition) is 3. The number of benzene rings is 1. The number of rotatable bonds is 2. The van der Waals surface area contributed by atoms with E-state index in [1.54, 1.807) is 12.1 Å².